The minimum Gasteiger partial charge on any atom is -0.458 e. The fourth-order valence-corrected chi connectivity index (χ4v) is 5.00. The number of aromatic nitrogens is 2. The maximum Gasteiger partial charge on any atom is 0.243 e. The van der Waals surface area contributed by atoms with Gasteiger partial charge in [0.2, 0.25) is 27.6 Å². The molecule has 0 radical (unpaired) electrons. The molecule has 1 aliphatic heterocycles. The van der Waals surface area contributed by atoms with Crippen molar-refractivity contribution in [2.45, 2.75) is 37.5 Å². The topological polar surface area (TPSA) is 119 Å². The van der Waals surface area contributed by atoms with Crippen molar-refractivity contribution in [3.05, 3.63) is 48.0 Å². The van der Waals surface area contributed by atoms with Gasteiger partial charge in [0.05, 0.1) is 10.8 Å². The van der Waals surface area contributed by atoms with Crippen LogP contribution in [0.4, 0.5) is 5.69 Å². The van der Waals surface area contributed by atoms with Crippen molar-refractivity contribution in [1.82, 2.24) is 14.4 Å². The number of hydrogen-bond acceptors (Lipinski definition) is 7. The van der Waals surface area contributed by atoms with Crippen LogP contribution in [0, 0.1) is 6.92 Å². The van der Waals surface area contributed by atoms with E-state index in [0.29, 0.717) is 36.1 Å². The Labute approximate surface area is 174 Å². The van der Waals surface area contributed by atoms with Crippen LogP contribution in [0.3, 0.4) is 0 Å². The molecule has 1 amide bonds. The van der Waals surface area contributed by atoms with Gasteiger partial charge < -0.3 is 14.3 Å². The summed E-state index contributed by atoms with van der Waals surface area (Å²) in [5, 5.41) is 6.60. The number of rotatable bonds is 5. The molecule has 0 spiro atoms. The molecule has 0 saturated carbocycles. The van der Waals surface area contributed by atoms with Crippen LogP contribution >= 0.6 is 0 Å². The van der Waals surface area contributed by atoms with Gasteiger partial charge in [0, 0.05) is 25.7 Å². The molecular formula is C20H22N4O5S. The molecular weight excluding hydrogens is 408 g/mol. The monoisotopic (exact) mass is 430 g/mol. The second kappa shape index (κ2) is 8.04. The zero-order valence-corrected chi connectivity index (χ0v) is 17.5. The van der Waals surface area contributed by atoms with E-state index in [1.165, 1.54) is 23.4 Å². The first-order chi connectivity index (χ1) is 14.3. The third kappa shape index (κ3) is 4.14. The number of amides is 1. The largest absolute Gasteiger partial charge is 0.458 e. The number of hydrogen-bond donors (Lipinski definition) is 1. The summed E-state index contributed by atoms with van der Waals surface area (Å²) in [4.78, 5) is 15.7. The van der Waals surface area contributed by atoms with Gasteiger partial charge in [0.15, 0.2) is 5.76 Å². The van der Waals surface area contributed by atoms with E-state index in [0.717, 1.165) is 12.2 Å². The summed E-state index contributed by atoms with van der Waals surface area (Å²) in [6, 6.07) is 9.73. The molecule has 1 aromatic carbocycles. The molecule has 0 bridgehead atoms. The van der Waals surface area contributed by atoms with E-state index < -0.39 is 10.0 Å². The van der Waals surface area contributed by atoms with E-state index in [4.69, 9.17) is 8.94 Å². The Morgan fingerprint density at radius 2 is 1.97 bits per heavy atom. The smallest absolute Gasteiger partial charge is 0.243 e. The molecule has 1 aliphatic rings. The lowest BCUT2D eigenvalue weighted by Gasteiger charge is -2.30. The summed E-state index contributed by atoms with van der Waals surface area (Å²) in [7, 11) is -3.68. The van der Waals surface area contributed by atoms with Gasteiger partial charge in [-0.3, -0.25) is 4.79 Å². The van der Waals surface area contributed by atoms with Gasteiger partial charge in [-0.1, -0.05) is 5.16 Å². The van der Waals surface area contributed by atoms with Crippen molar-refractivity contribution in [2.24, 2.45) is 0 Å². The third-order valence-corrected chi connectivity index (χ3v) is 6.83. The average molecular weight is 430 g/mol. The number of anilines is 1. The lowest BCUT2D eigenvalue weighted by molar-refractivity contribution is -0.114. The molecule has 3 aromatic rings. The minimum absolute atomic E-state index is 0.175. The summed E-state index contributed by atoms with van der Waals surface area (Å²) >= 11 is 0. The summed E-state index contributed by atoms with van der Waals surface area (Å²) in [6.07, 6.45) is 1.44. The molecule has 0 aliphatic carbocycles. The van der Waals surface area contributed by atoms with Crippen LogP contribution in [-0.4, -0.2) is 41.9 Å². The third-order valence-electron chi connectivity index (χ3n) is 4.95. The molecule has 3 heterocycles. The first kappa shape index (κ1) is 20.3. The molecule has 1 saturated heterocycles. The molecule has 0 unspecified atom stereocenters. The lowest BCUT2D eigenvalue weighted by atomic mass is 10.00. The highest BCUT2D eigenvalue weighted by molar-refractivity contribution is 7.89. The predicted molar refractivity (Wildman–Crippen MR) is 108 cm³/mol. The Kier molecular flexibility index (Phi) is 5.44. The van der Waals surface area contributed by atoms with Crippen LogP contribution in [0.5, 0.6) is 0 Å². The number of sulfonamides is 1. The fraction of sp³-hybridized carbons (Fsp3) is 0.350. The van der Waals surface area contributed by atoms with Gasteiger partial charge in [-0.2, -0.15) is 9.29 Å². The Morgan fingerprint density at radius 1 is 1.20 bits per heavy atom. The normalized spacial score (nSPS) is 17.7. The van der Waals surface area contributed by atoms with E-state index in [2.05, 4.69) is 15.5 Å². The van der Waals surface area contributed by atoms with Crippen molar-refractivity contribution in [3.8, 4) is 11.6 Å². The van der Waals surface area contributed by atoms with Gasteiger partial charge in [-0.25, -0.2) is 8.42 Å². The molecule has 1 atom stereocenters. The molecule has 10 heteroatoms. The van der Waals surface area contributed by atoms with Gasteiger partial charge in [0.1, 0.15) is 5.76 Å². The highest BCUT2D eigenvalue weighted by atomic mass is 32.2. The van der Waals surface area contributed by atoms with Gasteiger partial charge in [-0.05, 0) is 56.2 Å². The summed E-state index contributed by atoms with van der Waals surface area (Å²) in [5.41, 5.74) is 0.546. The molecule has 1 fully saturated rings. The van der Waals surface area contributed by atoms with Crippen LogP contribution in [0.2, 0.25) is 0 Å². The number of aryl methyl sites for hydroxylation is 1. The summed E-state index contributed by atoms with van der Waals surface area (Å²) in [6.45, 7) is 3.91. The van der Waals surface area contributed by atoms with Crippen molar-refractivity contribution in [2.75, 3.05) is 18.4 Å². The average Bonchev–Trinajstić information content (AvgIpc) is 3.37. The summed E-state index contributed by atoms with van der Waals surface area (Å²) < 4.78 is 38.5. The quantitative estimate of drug-likeness (QED) is 0.660. The first-order valence-electron chi connectivity index (χ1n) is 9.61. The molecule has 4 rings (SSSR count). The maximum absolute atomic E-state index is 13.1. The highest BCUT2D eigenvalue weighted by Crippen LogP contribution is 2.31. The van der Waals surface area contributed by atoms with Crippen molar-refractivity contribution >= 4 is 21.6 Å². The first-order valence-corrected chi connectivity index (χ1v) is 11.0. The number of carbonyl (C=O) groups is 1. The molecule has 9 nitrogen and oxygen atoms in total. The van der Waals surface area contributed by atoms with Gasteiger partial charge in [-0.15, -0.1) is 0 Å². The van der Waals surface area contributed by atoms with Crippen molar-refractivity contribution < 1.29 is 22.2 Å². The van der Waals surface area contributed by atoms with Crippen molar-refractivity contribution in [1.29, 1.82) is 0 Å². The Bertz CT molecular complexity index is 1150. The molecule has 1 N–H and O–H groups in total. The lowest BCUT2D eigenvalue weighted by Crippen LogP contribution is -2.39. The van der Waals surface area contributed by atoms with Crippen molar-refractivity contribution in [3.63, 3.8) is 0 Å². The second-order valence-corrected chi connectivity index (χ2v) is 9.21. The summed E-state index contributed by atoms with van der Waals surface area (Å²) in [5.74, 6) is 1.61. The number of benzene rings is 1. The zero-order chi connectivity index (χ0) is 21.3. The maximum atomic E-state index is 13.1. The number of nitrogens with zero attached hydrogens (tertiary/aromatic N) is 3. The van der Waals surface area contributed by atoms with Crippen LogP contribution in [0.15, 0.2) is 50.2 Å². The second-order valence-electron chi connectivity index (χ2n) is 7.27. The highest BCUT2D eigenvalue weighted by Gasteiger charge is 2.33. The van der Waals surface area contributed by atoms with Gasteiger partial charge in [0.25, 0.3) is 0 Å². The minimum atomic E-state index is -3.68. The van der Waals surface area contributed by atoms with E-state index in [-0.39, 0.29) is 23.3 Å². The van der Waals surface area contributed by atoms with Crippen LogP contribution in [-0.2, 0) is 14.8 Å². The predicted octanol–water partition coefficient (Wildman–Crippen LogP) is 3.16. The molecule has 30 heavy (non-hydrogen) atoms. The number of piperidine rings is 1. The standard InChI is InChI=1S/C20H22N4O5S/c1-13-5-10-18(28-13)19-22-20(29-23-19)15-4-3-11-24(12-15)30(26,27)17-8-6-16(7-9-17)21-14(2)25/h5-10,15H,3-4,11-12H2,1-2H3,(H,21,25)/t15-/m1/s1. The van der Waals surface area contributed by atoms with Crippen LogP contribution in [0.1, 0.15) is 37.3 Å². The zero-order valence-electron chi connectivity index (χ0n) is 16.7. The van der Waals surface area contributed by atoms with E-state index in [1.807, 2.05) is 13.0 Å². The van der Waals surface area contributed by atoms with Crippen LogP contribution in [0.25, 0.3) is 11.6 Å². The number of furan rings is 1. The Morgan fingerprint density at radius 3 is 2.63 bits per heavy atom. The Hall–Kier alpha value is -2.98. The van der Waals surface area contributed by atoms with E-state index in [9.17, 15) is 13.2 Å². The molecule has 2 aromatic heterocycles. The van der Waals surface area contributed by atoms with Gasteiger partial charge >= 0.3 is 0 Å². The van der Waals surface area contributed by atoms with Crippen LogP contribution < -0.4 is 5.32 Å². The number of carbonyl (C=O) groups excluding carboxylic acids is 1. The SMILES string of the molecule is CC(=O)Nc1ccc(S(=O)(=O)N2CCC[C@@H](c3nc(-c4ccc(C)o4)no3)C2)cc1. The molecule has 158 valence electrons. The van der Waals surface area contributed by atoms with E-state index in [1.54, 1.807) is 18.2 Å². The fourth-order valence-electron chi connectivity index (χ4n) is 3.48. The van der Waals surface area contributed by atoms with E-state index >= 15 is 0 Å². The Balaban J connectivity index is 1.50. The number of nitrogens with one attached hydrogen (secondary N) is 1.